The van der Waals surface area contributed by atoms with E-state index in [1.165, 1.54) is 0 Å². The molecular formula is C10H18ClN5. The van der Waals surface area contributed by atoms with Gasteiger partial charge in [0.05, 0.1) is 0 Å². The van der Waals surface area contributed by atoms with E-state index in [-0.39, 0.29) is 5.84 Å². The molecule has 0 aromatic carbocycles. The molecule has 0 radical (unpaired) electrons. The zero-order valence-electron chi connectivity index (χ0n) is 10.0. The first-order chi connectivity index (χ1) is 7.50. The van der Waals surface area contributed by atoms with Crippen molar-refractivity contribution in [3.05, 3.63) is 28.5 Å². The molecule has 1 heterocycles. The smallest absolute Gasteiger partial charge is 0.171 e. The Bertz CT molecular complexity index is 362. The molecule has 6 heteroatoms. The summed E-state index contributed by atoms with van der Waals surface area (Å²) in [5.41, 5.74) is 7.12. The van der Waals surface area contributed by atoms with Crippen molar-refractivity contribution in [3.63, 3.8) is 0 Å². The Kier molecular flexibility index (Phi) is 6.44. The minimum atomic E-state index is 0.245. The van der Waals surface area contributed by atoms with Crippen molar-refractivity contribution in [1.82, 2.24) is 10.1 Å². The molecule has 0 saturated heterocycles. The summed E-state index contributed by atoms with van der Waals surface area (Å²) in [5, 5.41) is 5.33. The van der Waals surface area contributed by atoms with Crippen LogP contribution in [0.25, 0.3) is 0 Å². The van der Waals surface area contributed by atoms with Crippen LogP contribution in [0.1, 0.15) is 25.1 Å². The Morgan fingerprint density at radius 1 is 1.44 bits per heavy atom. The molecule has 0 saturated carbocycles. The van der Waals surface area contributed by atoms with E-state index in [4.69, 9.17) is 23.2 Å². The number of halogens is 1. The Morgan fingerprint density at radius 3 is 2.50 bits per heavy atom. The molecule has 1 rings (SSSR count). The zero-order chi connectivity index (χ0) is 12.7. The van der Waals surface area contributed by atoms with Gasteiger partial charge in [0.1, 0.15) is 10.8 Å². The fourth-order valence-corrected chi connectivity index (χ4v) is 1.13. The normalized spacial score (nSPS) is 10.5. The zero-order valence-corrected chi connectivity index (χ0v) is 10.8. The molecular weight excluding hydrogens is 226 g/mol. The second-order valence-corrected chi connectivity index (χ2v) is 3.25. The quantitative estimate of drug-likeness (QED) is 0.271. The minimum Gasteiger partial charge on any atom is -0.380 e. The number of nitrogens with zero attached hydrogens (tertiary/aromatic N) is 3. The predicted molar refractivity (Wildman–Crippen MR) is 68.0 cm³/mol. The number of rotatable bonds is 2. The molecule has 4 N–H and O–H groups in total. The highest BCUT2D eigenvalue weighted by Gasteiger charge is 2.06. The van der Waals surface area contributed by atoms with Crippen LogP contribution in [0.15, 0.2) is 17.2 Å². The maximum atomic E-state index is 5.73. The third kappa shape index (κ3) is 4.46. The highest BCUT2D eigenvalue weighted by atomic mass is 35.5. The highest BCUT2D eigenvalue weighted by molar-refractivity contribution is 6.29. The van der Waals surface area contributed by atoms with Crippen molar-refractivity contribution in [2.75, 3.05) is 7.05 Å². The molecule has 0 fully saturated rings. The van der Waals surface area contributed by atoms with Gasteiger partial charge in [0.25, 0.3) is 0 Å². The summed E-state index contributed by atoms with van der Waals surface area (Å²) in [7, 11) is 1.58. The lowest BCUT2D eigenvalue weighted by Crippen LogP contribution is -2.26. The van der Waals surface area contributed by atoms with Gasteiger partial charge in [-0.05, 0) is 18.6 Å². The van der Waals surface area contributed by atoms with Crippen LogP contribution >= 0.6 is 11.6 Å². The lowest BCUT2D eigenvalue weighted by atomic mass is 10.2. The van der Waals surface area contributed by atoms with Crippen LogP contribution in [0.4, 0.5) is 0 Å². The largest absolute Gasteiger partial charge is 0.380 e. The Labute approximate surface area is 101 Å². The molecule has 16 heavy (non-hydrogen) atoms. The maximum Gasteiger partial charge on any atom is 0.171 e. The van der Waals surface area contributed by atoms with E-state index < -0.39 is 0 Å². The molecule has 0 amide bonds. The van der Waals surface area contributed by atoms with Crippen LogP contribution in [-0.4, -0.2) is 23.0 Å². The van der Waals surface area contributed by atoms with Crippen molar-refractivity contribution >= 4 is 17.4 Å². The molecule has 0 unspecified atom stereocenters. The summed E-state index contributed by atoms with van der Waals surface area (Å²) in [6, 6.07) is 3.52. The number of pyridine rings is 1. The number of aryl methyl sites for hydroxylation is 1. The van der Waals surface area contributed by atoms with E-state index in [1.54, 1.807) is 13.1 Å². The molecule has 0 aliphatic heterocycles. The fraction of sp³-hybridized carbons (Fsp3) is 0.400. The van der Waals surface area contributed by atoms with E-state index in [9.17, 15) is 0 Å². The van der Waals surface area contributed by atoms with Crippen LogP contribution in [-0.2, 0) is 0 Å². The molecule has 0 aliphatic rings. The average Bonchev–Trinajstić information content (AvgIpc) is 2.23. The molecule has 90 valence electrons. The van der Waals surface area contributed by atoms with Gasteiger partial charge in [-0.15, -0.1) is 5.10 Å². The average molecular weight is 244 g/mol. The van der Waals surface area contributed by atoms with Crippen molar-refractivity contribution in [2.24, 2.45) is 16.7 Å². The molecule has 5 nitrogen and oxygen atoms in total. The van der Waals surface area contributed by atoms with Gasteiger partial charge in [0.2, 0.25) is 0 Å². The highest BCUT2D eigenvalue weighted by Crippen LogP contribution is 2.10. The van der Waals surface area contributed by atoms with Gasteiger partial charge in [0.15, 0.2) is 5.84 Å². The standard InChI is InChI=1S/C8H12ClN5.C2H6/c1-5-3-4-6(9)12-7(5)8(10)13-14(2)11;1-2/h3-4H,11H2,1-2H3,(H2,10,13);1-2H3. The van der Waals surface area contributed by atoms with Gasteiger partial charge in [-0.2, -0.15) is 0 Å². The SMILES string of the molecule is CC.Cc1ccc(Cl)nc1/C(N)=N/N(C)N. The van der Waals surface area contributed by atoms with E-state index in [2.05, 4.69) is 10.1 Å². The van der Waals surface area contributed by atoms with Crippen molar-refractivity contribution in [2.45, 2.75) is 20.8 Å². The molecule has 0 atom stereocenters. The van der Waals surface area contributed by atoms with Gasteiger partial charge in [-0.1, -0.05) is 31.5 Å². The molecule has 0 spiro atoms. The van der Waals surface area contributed by atoms with E-state index in [0.717, 1.165) is 10.7 Å². The Hall–Kier alpha value is -1.33. The Morgan fingerprint density at radius 2 is 2.00 bits per heavy atom. The van der Waals surface area contributed by atoms with Crippen molar-refractivity contribution < 1.29 is 0 Å². The van der Waals surface area contributed by atoms with Crippen LogP contribution < -0.4 is 11.6 Å². The number of hydrogen-bond acceptors (Lipinski definition) is 4. The lowest BCUT2D eigenvalue weighted by Gasteiger charge is -2.08. The fourth-order valence-electron chi connectivity index (χ4n) is 0.982. The van der Waals surface area contributed by atoms with E-state index in [0.29, 0.717) is 10.8 Å². The van der Waals surface area contributed by atoms with Crippen LogP contribution in [0.5, 0.6) is 0 Å². The first-order valence-corrected chi connectivity index (χ1v) is 5.34. The maximum absolute atomic E-state index is 5.73. The van der Waals surface area contributed by atoms with E-state index in [1.807, 2.05) is 26.8 Å². The monoisotopic (exact) mass is 243 g/mol. The van der Waals surface area contributed by atoms with Gasteiger partial charge < -0.3 is 5.73 Å². The number of amidine groups is 1. The number of hydrazine groups is 1. The summed E-state index contributed by atoms with van der Waals surface area (Å²) in [6.07, 6.45) is 0. The molecule has 1 aromatic heterocycles. The summed E-state index contributed by atoms with van der Waals surface area (Å²) >= 11 is 5.73. The molecule has 0 aliphatic carbocycles. The number of hydrogen-bond donors (Lipinski definition) is 2. The summed E-state index contributed by atoms with van der Waals surface area (Å²) in [6.45, 7) is 5.87. The summed E-state index contributed by atoms with van der Waals surface area (Å²) in [4.78, 5) is 4.05. The summed E-state index contributed by atoms with van der Waals surface area (Å²) < 4.78 is 0. The van der Waals surface area contributed by atoms with Crippen molar-refractivity contribution in [3.8, 4) is 0 Å². The number of hydrazone groups is 1. The first kappa shape index (κ1) is 14.7. The third-order valence-corrected chi connectivity index (χ3v) is 1.78. The Balaban J connectivity index is 0.00000106. The van der Waals surface area contributed by atoms with E-state index >= 15 is 0 Å². The number of aromatic nitrogens is 1. The van der Waals surface area contributed by atoms with Crippen LogP contribution in [0.2, 0.25) is 5.15 Å². The van der Waals surface area contributed by atoms with Gasteiger partial charge in [-0.3, -0.25) is 0 Å². The molecule has 0 bridgehead atoms. The second-order valence-electron chi connectivity index (χ2n) is 2.86. The van der Waals surface area contributed by atoms with Crippen LogP contribution in [0.3, 0.4) is 0 Å². The predicted octanol–water partition coefficient (Wildman–Crippen LogP) is 1.50. The third-order valence-electron chi connectivity index (χ3n) is 1.57. The van der Waals surface area contributed by atoms with Gasteiger partial charge in [-0.25, -0.2) is 15.9 Å². The van der Waals surface area contributed by atoms with Crippen molar-refractivity contribution in [1.29, 1.82) is 0 Å². The lowest BCUT2D eigenvalue weighted by molar-refractivity contribution is 0.371. The van der Waals surface area contributed by atoms with Gasteiger partial charge >= 0.3 is 0 Å². The molecule has 1 aromatic rings. The van der Waals surface area contributed by atoms with Gasteiger partial charge in [0, 0.05) is 7.05 Å². The van der Waals surface area contributed by atoms with Crippen LogP contribution in [0, 0.1) is 6.92 Å². The number of nitrogens with two attached hydrogens (primary N) is 2. The second kappa shape index (κ2) is 7.03. The summed E-state index contributed by atoms with van der Waals surface area (Å²) in [5.74, 6) is 5.57. The first-order valence-electron chi connectivity index (χ1n) is 4.96. The minimum absolute atomic E-state index is 0.245. The topological polar surface area (TPSA) is 80.5 Å².